The Kier molecular flexibility index (Phi) is 5.75. The fourth-order valence-electron chi connectivity index (χ4n) is 2.05. The molecule has 1 atom stereocenters. The first kappa shape index (κ1) is 15.5. The summed E-state index contributed by atoms with van der Waals surface area (Å²) in [5.41, 5.74) is 2.30. The topological polar surface area (TPSA) is 54.0 Å². The van der Waals surface area contributed by atoms with E-state index in [0.717, 1.165) is 17.1 Å². The molecule has 2 amide bonds. The number of rotatable bonds is 6. The van der Waals surface area contributed by atoms with E-state index in [9.17, 15) is 4.79 Å². The summed E-state index contributed by atoms with van der Waals surface area (Å²) in [6.07, 6.45) is 0.924. The van der Waals surface area contributed by atoms with Crippen LogP contribution in [0.15, 0.2) is 35.7 Å². The third kappa shape index (κ3) is 5.19. The zero-order chi connectivity index (χ0) is 15.1. The summed E-state index contributed by atoms with van der Waals surface area (Å²) < 4.78 is 0. The van der Waals surface area contributed by atoms with Gasteiger partial charge in [-0.3, -0.25) is 0 Å². The Labute approximate surface area is 129 Å². The number of carbonyl (C=O) groups is 1. The van der Waals surface area contributed by atoms with Gasteiger partial charge in [-0.2, -0.15) is 0 Å². The van der Waals surface area contributed by atoms with Crippen LogP contribution >= 0.6 is 11.3 Å². The second kappa shape index (κ2) is 7.78. The summed E-state index contributed by atoms with van der Waals surface area (Å²) in [6.45, 7) is 5.27. The van der Waals surface area contributed by atoms with Crippen molar-refractivity contribution in [2.75, 3.05) is 6.54 Å². The molecule has 21 heavy (non-hydrogen) atoms. The predicted molar refractivity (Wildman–Crippen MR) is 86.6 cm³/mol. The summed E-state index contributed by atoms with van der Waals surface area (Å²) in [5.74, 6) is 0.438. The molecule has 1 aromatic carbocycles. The maximum Gasteiger partial charge on any atom is 0.315 e. The van der Waals surface area contributed by atoms with Crippen molar-refractivity contribution in [2.24, 2.45) is 0 Å². The number of nitrogens with zero attached hydrogens (tertiary/aromatic N) is 1. The summed E-state index contributed by atoms with van der Waals surface area (Å²) in [7, 11) is 0. The van der Waals surface area contributed by atoms with Gasteiger partial charge in [0.05, 0.1) is 6.54 Å². The quantitative estimate of drug-likeness (QED) is 0.859. The summed E-state index contributed by atoms with van der Waals surface area (Å²) in [4.78, 5) is 16.0. The van der Waals surface area contributed by atoms with Gasteiger partial charge in [0.1, 0.15) is 5.01 Å². The SMILES string of the molecule is Cc1csc(CNC(=O)NCC[C@H](C)c2ccccc2)n1. The molecule has 0 bridgehead atoms. The largest absolute Gasteiger partial charge is 0.338 e. The van der Waals surface area contributed by atoms with Gasteiger partial charge in [-0.1, -0.05) is 37.3 Å². The maximum absolute atomic E-state index is 11.7. The van der Waals surface area contributed by atoms with Crippen molar-refractivity contribution in [1.29, 1.82) is 0 Å². The second-order valence-corrected chi connectivity index (χ2v) is 6.04. The molecule has 0 aliphatic heterocycles. The molecule has 0 aliphatic carbocycles. The molecule has 2 rings (SSSR count). The zero-order valence-electron chi connectivity index (χ0n) is 12.4. The number of urea groups is 1. The lowest BCUT2D eigenvalue weighted by molar-refractivity contribution is 0.240. The van der Waals surface area contributed by atoms with Gasteiger partial charge in [0, 0.05) is 17.6 Å². The molecule has 0 saturated carbocycles. The van der Waals surface area contributed by atoms with Crippen molar-refractivity contribution in [3.8, 4) is 0 Å². The number of carbonyl (C=O) groups excluding carboxylic acids is 1. The van der Waals surface area contributed by atoms with Crippen LogP contribution in [0.25, 0.3) is 0 Å². The van der Waals surface area contributed by atoms with E-state index in [4.69, 9.17) is 0 Å². The van der Waals surface area contributed by atoms with Crippen LogP contribution in [0.2, 0.25) is 0 Å². The van der Waals surface area contributed by atoms with E-state index in [-0.39, 0.29) is 6.03 Å². The Balaban J connectivity index is 1.65. The molecule has 0 unspecified atom stereocenters. The van der Waals surface area contributed by atoms with Crippen LogP contribution in [-0.4, -0.2) is 17.6 Å². The van der Waals surface area contributed by atoms with Gasteiger partial charge >= 0.3 is 6.03 Å². The lowest BCUT2D eigenvalue weighted by atomic mass is 9.98. The average Bonchev–Trinajstić information content (AvgIpc) is 2.91. The monoisotopic (exact) mass is 303 g/mol. The Hall–Kier alpha value is -1.88. The van der Waals surface area contributed by atoms with Crippen molar-refractivity contribution < 1.29 is 4.79 Å². The molecule has 1 aromatic heterocycles. The minimum absolute atomic E-state index is 0.136. The van der Waals surface area contributed by atoms with Crippen LogP contribution in [0.5, 0.6) is 0 Å². The van der Waals surface area contributed by atoms with Gasteiger partial charge < -0.3 is 10.6 Å². The van der Waals surface area contributed by atoms with Gasteiger partial charge in [-0.25, -0.2) is 9.78 Å². The Morgan fingerprint density at radius 1 is 1.29 bits per heavy atom. The van der Waals surface area contributed by atoms with Gasteiger partial charge in [-0.15, -0.1) is 11.3 Å². The van der Waals surface area contributed by atoms with Gasteiger partial charge in [0.2, 0.25) is 0 Å². The molecule has 4 nitrogen and oxygen atoms in total. The zero-order valence-corrected chi connectivity index (χ0v) is 13.2. The van der Waals surface area contributed by atoms with E-state index in [2.05, 4.69) is 34.7 Å². The molecule has 0 radical (unpaired) electrons. The number of nitrogens with one attached hydrogen (secondary N) is 2. The first-order valence-corrected chi connectivity index (χ1v) is 8.01. The van der Waals surface area contributed by atoms with E-state index in [1.54, 1.807) is 11.3 Å². The molecule has 2 N–H and O–H groups in total. The number of aromatic nitrogens is 1. The number of aryl methyl sites for hydroxylation is 1. The molecule has 0 aliphatic rings. The van der Waals surface area contributed by atoms with E-state index >= 15 is 0 Å². The molecule has 112 valence electrons. The van der Waals surface area contributed by atoms with E-state index in [1.165, 1.54) is 5.56 Å². The van der Waals surface area contributed by atoms with Gasteiger partial charge in [0.25, 0.3) is 0 Å². The fraction of sp³-hybridized carbons (Fsp3) is 0.375. The molecular weight excluding hydrogens is 282 g/mol. The molecule has 5 heteroatoms. The van der Waals surface area contributed by atoms with Crippen LogP contribution in [0, 0.1) is 6.92 Å². The molecule has 0 fully saturated rings. The lowest BCUT2D eigenvalue weighted by Crippen LogP contribution is -2.35. The Bertz CT molecular complexity index is 568. The first-order chi connectivity index (χ1) is 10.1. The Morgan fingerprint density at radius 3 is 2.71 bits per heavy atom. The normalized spacial score (nSPS) is 11.9. The van der Waals surface area contributed by atoms with Crippen molar-refractivity contribution >= 4 is 17.4 Å². The third-order valence-electron chi connectivity index (χ3n) is 3.30. The molecular formula is C16H21N3OS. The van der Waals surface area contributed by atoms with Crippen molar-refractivity contribution in [3.05, 3.63) is 52.0 Å². The van der Waals surface area contributed by atoms with E-state index in [1.807, 2.05) is 30.5 Å². The van der Waals surface area contributed by atoms with Crippen molar-refractivity contribution in [2.45, 2.75) is 32.7 Å². The predicted octanol–water partition coefficient (Wildman–Crippen LogP) is 3.44. The molecule has 1 heterocycles. The second-order valence-electron chi connectivity index (χ2n) is 5.09. The highest BCUT2D eigenvalue weighted by Crippen LogP contribution is 2.17. The standard InChI is InChI=1S/C16H21N3OS/c1-12(14-6-4-3-5-7-14)8-9-17-16(20)18-10-15-19-13(2)11-21-15/h3-7,11-12H,8-10H2,1-2H3,(H2,17,18,20)/t12-/m0/s1. The highest BCUT2D eigenvalue weighted by Gasteiger charge is 2.06. The van der Waals surface area contributed by atoms with Crippen LogP contribution in [0.4, 0.5) is 4.79 Å². The number of hydrogen-bond donors (Lipinski definition) is 2. The fourth-order valence-corrected chi connectivity index (χ4v) is 2.76. The minimum atomic E-state index is -0.136. The number of amides is 2. The maximum atomic E-state index is 11.7. The molecule has 2 aromatic rings. The third-order valence-corrected chi connectivity index (χ3v) is 4.26. The van der Waals surface area contributed by atoms with Crippen LogP contribution in [0.1, 0.15) is 35.5 Å². The molecule has 0 spiro atoms. The number of thiazole rings is 1. The minimum Gasteiger partial charge on any atom is -0.338 e. The van der Waals surface area contributed by atoms with Crippen molar-refractivity contribution in [1.82, 2.24) is 15.6 Å². The van der Waals surface area contributed by atoms with Crippen LogP contribution in [0.3, 0.4) is 0 Å². The van der Waals surface area contributed by atoms with Crippen LogP contribution < -0.4 is 10.6 Å². The lowest BCUT2D eigenvalue weighted by Gasteiger charge is -2.12. The van der Waals surface area contributed by atoms with Crippen LogP contribution in [-0.2, 0) is 6.54 Å². The van der Waals surface area contributed by atoms with E-state index in [0.29, 0.717) is 19.0 Å². The van der Waals surface area contributed by atoms with Gasteiger partial charge in [-0.05, 0) is 24.8 Å². The summed E-state index contributed by atoms with van der Waals surface area (Å²) >= 11 is 1.56. The smallest absolute Gasteiger partial charge is 0.315 e. The Morgan fingerprint density at radius 2 is 2.05 bits per heavy atom. The van der Waals surface area contributed by atoms with Crippen molar-refractivity contribution in [3.63, 3.8) is 0 Å². The summed E-state index contributed by atoms with van der Waals surface area (Å²) in [5, 5.41) is 8.62. The first-order valence-electron chi connectivity index (χ1n) is 7.13. The van der Waals surface area contributed by atoms with Gasteiger partial charge in [0.15, 0.2) is 0 Å². The summed E-state index contributed by atoms with van der Waals surface area (Å²) in [6, 6.07) is 10.2. The van der Waals surface area contributed by atoms with E-state index < -0.39 is 0 Å². The molecule has 0 saturated heterocycles. The number of hydrogen-bond acceptors (Lipinski definition) is 3. The highest BCUT2D eigenvalue weighted by atomic mass is 32.1. The highest BCUT2D eigenvalue weighted by molar-refractivity contribution is 7.09. The average molecular weight is 303 g/mol. The number of benzene rings is 1.